The van der Waals surface area contributed by atoms with Crippen molar-refractivity contribution < 1.29 is 9.90 Å². The van der Waals surface area contributed by atoms with E-state index in [-0.39, 0.29) is 5.91 Å². The number of aromatic nitrogens is 1. The standard InChI is InChI=1S/C20H27N3O2/c24-19-20(25,17-21-11-16-22-12-4-5-13-22)10-6-14-23(19)15-9-18-7-2-1-3-8-18/h1-5,7-8,12-13,21,25H,6,9-11,14-17H2. The summed E-state index contributed by atoms with van der Waals surface area (Å²) in [6.45, 7) is 3.27. The topological polar surface area (TPSA) is 57.5 Å². The van der Waals surface area contributed by atoms with E-state index in [1.807, 2.05) is 47.6 Å². The molecule has 0 radical (unpaired) electrons. The number of rotatable bonds is 8. The first-order valence-electron chi connectivity index (χ1n) is 9.04. The van der Waals surface area contributed by atoms with Gasteiger partial charge in [0.05, 0.1) is 0 Å². The van der Waals surface area contributed by atoms with Gasteiger partial charge >= 0.3 is 0 Å². The second-order valence-corrected chi connectivity index (χ2v) is 6.76. The van der Waals surface area contributed by atoms with Crippen LogP contribution >= 0.6 is 0 Å². The van der Waals surface area contributed by atoms with Crippen LogP contribution in [0.3, 0.4) is 0 Å². The fraction of sp³-hybridized carbons (Fsp3) is 0.450. The smallest absolute Gasteiger partial charge is 0.255 e. The summed E-state index contributed by atoms with van der Waals surface area (Å²) in [6.07, 6.45) is 6.21. The van der Waals surface area contributed by atoms with Gasteiger partial charge in [-0.05, 0) is 37.0 Å². The Morgan fingerprint density at radius 3 is 2.60 bits per heavy atom. The van der Waals surface area contributed by atoms with E-state index in [1.165, 1.54) is 5.56 Å². The third-order valence-corrected chi connectivity index (χ3v) is 4.85. The summed E-state index contributed by atoms with van der Waals surface area (Å²) in [5.41, 5.74) is -0.0553. The Morgan fingerprint density at radius 1 is 1.08 bits per heavy atom. The number of carbonyl (C=O) groups excluding carboxylic acids is 1. The summed E-state index contributed by atoms with van der Waals surface area (Å²) in [6, 6.07) is 14.1. The van der Waals surface area contributed by atoms with Crippen LogP contribution < -0.4 is 5.32 Å². The molecule has 2 heterocycles. The molecular formula is C20H27N3O2. The molecule has 25 heavy (non-hydrogen) atoms. The number of likely N-dealkylation sites (tertiary alicyclic amines) is 1. The van der Waals surface area contributed by atoms with Crippen LogP contribution in [0.25, 0.3) is 0 Å². The number of piperidine rings is 1. The first kappa shape index (κ1) is 17.7. The molecule has 1 aromatic carbocycles. The highest BCUT2D eigenvalue weighted by atomic mass is 16.3. The van der Waals surface area contributed by atoms with E-state index in [2.05, 4.69) is 22.0 Å². The quantitative estimate of drug-likeness (QED) is 0.718. The summed E-state index contributed by atoms with van der Waals surface area (Å²) >= 11 is 0. The number of nitrogens with zero attached hydrogens (tertiary/aromatic N) is 2. The molecule has 0 spiro atoms. The van der Waals surface area contributed by atoms with Crippen LogP contribution in [0.4, 0.5) is 0 Å². The second kappa shape index (κ2) is 8.32. The van der Waals surface area contributed by atoms with Crippen molar-refractivity contribution >= 4 is 5.91 Å². The van der Waals surface area contributed by atoms with Crippen LogP contribution in [0.1, 0.15) is 18.4 Å². The van der Waals surface area contributed by atoms with Crippen molar-refractivity contribution in [1.29, 1.82) is 0 Å². The SMILES string of the molecule is O=C1N(CCc2ccccc2)CCCC1(O)CNCCn1cccc1. The number of benzene rings is 1. The maximum absolute atomic E-state index is 12.7. The van der Waals surface area contributed by atoms with E-state index < -0.39 is 5.60 Å². The summed E-state index contributed by atoms with van der Waals surface area (Å²) in [7, 11) is 0. The molecule has 1 atom stereocenters. The lowest BCUT2D eigenvalue weighted by atomic mass is 9.91. The predicted octanol–water partition coefficient (Wildman–Crippen LogP) is 1.67. The van der Waals surface area contributed by atoms with Gasteiger partial charge in [-0.2, -0.15) is 0 Å². The van der Waals surface area contributed by atoms with Crippen LogP contribution in [-0.2, 0) is 17.8 Å². The maximum atomic E-state index is 12.7. The van der Waals surface area contributed by atoms with E-state index in [4.69, 9.17) is 0 Å². The minimum atomic E-state index is -1.27. The fourth-order valence-electron chi connectivity index (χ4n) is 3.37. The number of aliphatic hydroxyl groups is 1. The Bertz CT molecular complexity index is 657. The molecule has 134 valence electrons. The van der Waals surface area contributed by atoms with Crippen molar-refractivity contribution in [1.82, 2.24) is 14.8 Å². The molecule has 0 bridgehead atoms. The number of nitrogens with one attached hydrogen (secondary N) is 1. The van der Waals surface area contributed by atoms with Gasteiger partial charge in [0.1, 0.15) is 0 Å². The Balaban J connectivity index is 1.47. The monoisotopic (exact) mass is 341 g/mol. The molecule has 5 nitrogen and oxygen atoms in total. The first-order valence-corrected chi connectivity index (χ1v) is 9.04. The van der Waals surface area contributed by atoms with Gasteiger partial charge in [0, 0.05) is 45.1 Å². The zero-order valence-corrected chi connectivity index (χ0v) is 14.6. The van der Waals surface area contributed by atoms with Gasteiger partial charge in [-0.3, -0.25) is 4.79 Å². The number of hydrogen-bond donors (Lipinski definition) is 2. The predicted molar refractivity (Wildman–Crippen MR) is 98.2 cm³/mol. The molecule has 1 unspecified atom stereocenters. The molecule has 2 N–H and O–H groups in total. The largest absolute Gasteiger partial charge is 0.379 e. The Hall–Kier alpha value is -2.11. The van der Waals surface area contributed by atoms with Crippen LogP contribution in [0, 0.1) is 0 Å². The third-order valence-electron chi connectivity index (χ3n) is 4.85. The fourth-order valence-corrected chi connectivity index (χ4v) is 3.37. The lowest BCUT2D eigenvalue weighted by molar-refractivity contribution is -0.156. The van der Waals surface area contributed by atoms with E-state index in [9.17, 15) is 9.90 Å². The molecule has 1 aliphatic heterocycles. The van der Waals surface area contributed by atoms with Crippen LogP contribution in [0.2, 0.25) is 0 Å². The summed E-state index contributed by atoms with van der Waals surface area (Å²) in [5.74, 6) is -0.136. The van der Waals surface area contributed by atoms with E-state index in [1.54, 1.807) is 0 Å². The molecule has 5 heteroatoms. The number of hydrogen-bond acceptors (Lipinski definition) is 3. The summed E-state index contributed by atoms with van der Waals surface area (Å²) in [4.78, 5) is 14.5. The van der Waals surface area contributed by atoms with E-state index in [0.717, 1.165) is 32.5 Å². The molecular weight excluding hydrogens is 314 g/mol. The highest BCUT2D eigenvalue weighted by Crippen LogP contribution is 2.22. The molecule has 0 aliphatic carbocycles. The van der Waals surface area contributed by atoms with Gasteiger partial charge in [0.2, 0.25) is 0 Å². The van der Waals surface area contributed by atoms with Crippen molar-refractivity contribution in [3.8, 4) is 0 Å². The molecule has 2 aromatic rings. The Morgan fingerprint density at radius 2 is 1.84 bits per heavy atom. The van der Waals surface area contributed by atoms with Gasteiger partial charge in [0.25, 0.3) is 5.91 Å². The van der Waals surface area contributed by atoms with Crippen molar-refractivity contribution in [2.45, 2.75) is 31.4 Å². The van der Waals surface area contributed by atoms with Crippen molar-refractivity contribution in [3.05, 3.63) is 60.4 Å². The second-order valence-electron chi connectivity index (χ2n) is 6.76. The van der Waals surface area contributed by atoms with Gasteiger partial charge in [-0.1, -0.05) is 30.3 Å². The Kier molecular flexibility index (Phi) is 5.89. The van der Waals surface area contributed by atoms with Crippen LogP contribution in [0.5, 0.6) is 0 Å². The lowest BCUT2D eigenvalue weighted by Gasteiger charge is -2.38. The minimum absolute atomic E-state index is 0.136. The molecule has 1 amide bonds. The van der Waals surface area contributed by atoms with Crippen LogP contribution in [0.15, 0.2) is 54.9 Å². The van der Waals surface area contributed by atoms with Crippen LogP contribution in [-0.4, -0.2) is 52.3 Å². The normalized spacial score (nSPS) is 20.8. The van der Waals surface area contributed by atoms with Gasteiger partial charge in [-0.25, -0.2) is 0 Å². The average molecular weight is 341 g/mol. The van der Waals surface area contributed by atoms with Gasteiger partial charge in [-0.15, -0.1) is 0 Å². The maximum Gasteiger partial charge on any atom is 0.255 e. The van der Waals surface area contributed by atoms with Crippen molar-refractivity contribution in [3.63, 3.8) is 0 Å². The highest BCUT2D eigenvalue weighted by Gasteiger charge is 2.41. The molecule has 0 saturated carbocycles. The average Bonchev–Trinajstić information content (AvgIpc) is 3.15. The first-order chi connectivity index (χ1) is 12.2. The third kappa shape index (κ3) is 4.71. The van der Waals surface area contributed by atoms with Gasteiger partial charge in [0.15, 0.2) is 5.60 Å². The number of carbonyl (C=O) groups is 1. The Labute approximate surface area is 149 Å². The van der Waals surface area contributed by atoms with E-state index >= 15 is 0 Å². The molecule has 1 aromatic heterocycles. The summed E-state index contributed by atoms with van der Waals surface area (Å²) < 4.78 is 2.08. The summed E-state index contributed by atoms with van der Waals surface area (Å²) in [5, 5.41) is 14.0. The van der Waals surface area contributed by atoms with Gasteiger partial charge < -0.3 is 19.9 Å². The zero-order chi connectivity index (χ0) is 17.5. The minimum Gasteiger partial charge on any atom is -0.379 e. The molecule has 1 fully saturated rings. The van der Waals surface area contributed by atoms with Crippen molar-refractivity contribution in [2.75, 3.05) is 26.2 Å². The molecule has 1 aliphatic rings. The lowest BCUT2D eigenvalue weighted by Crippen LogP contribution is -2.58. The highest BCUT2D eigenvalue weighted by molar-refractivity contribution is 5.86. The molecule has 3 rings (SSSR count). The van der Waals surface area contributed by atoms with Crippen molar-refractivity contribution in [2.24, 2.45) is 0 Å². The zero-order valence-electron chi connectivity index (χ0n) is 14.6. The molecule has 1 saturated heterocycles. The number of amides is 1. The van der Waals surface area contributed by atoms with E-state index in [0.29, 0.717) is 19.5 Å².